The monoisotopic (exact) mass is 412 g/mol. The molecular weight excluding hydrogens is 392 g/mol. The Balaban J connectivity index is 1.70. The number of thiophene rings is 1. The number of anilines is 1. The number of hydrogen-bond donors (Lipinski definition) is 3. The van der Waals surface area contributed by atoms with Gasteiger partial charge in [0.1, 0.15) is 15.9 Å². The van der Waals surface area contributed by atoms with Gasteiger partial charge < -0.3 is 25.8 Å². The van der Waals surface area contributed by atoms with Crippen LogP contribution in [0.15, 0.2) is 24.3 Å². The number of carbonyl (C=O) groups excluding carboxylic acids is 2. The van der Waals surface area contributed by atoms with E-state index in [1.165, 1.54) is 18.4 Å². The van der Waals surface area contributed by atoms with E-state index in [2.05, 4.69) is 15.6 Å². The quantitative estimate of drug-likeness (QED) is 0.593. The van der Waals surface area contributed by atoms with E-state index in [4.69, 9.17) is 15.2 Å². The second-order valence-electron chi connectivity index (χ2n) is 6.78. The number of hydrogen-bond acceptors (Lipinski definition) is 7. The number of amides is 2. The molecule has 8 nitrogen and oxygen atoms in total. The van der Waals surface area contributed by atoms with Crippen molar-refractivity contribution in [3.63, 3.8) is 0 Å². The van der Waals surface area contributed by atoms with Crippen molar-refractivity contribution in [2.45, 2.75) is 20.0 Å². The molecule has 0 saturated carbocycles. The number of primary amides is 1. The molecule has 4 rings (SSSR count). The van der Waals surface area contributed by atoms with E-state index >= 15 is 0 Å². The smallest absolute Gasteiger partial charge is 0.265 e. The van der Waals surface area contributed by atoms with Gasteiger partial charge in [0, 0.05) is 11.1 Å². The molecule has 0 saturated heterocycles. The molecule has 3 heterocycles. The van der Waals surface area contributed by atoms with Crippen LogP contribution in [0.1, 0.15) is 32.7 Å². The number of fused-ring (bicyclic) bond motifs is 3. The molecular formula is C20H20N4O4S. The van der Waals surface area contributed by atoms with Crippen LogP contribution in [0.3, 0.4) is 0 Å². The molecule has 1 aromatic carbocycles. The van der Waals surface area contributed by atoms with Gasteiger partial charge in [-0.15, -0.1) is 11.3 Å². The summed E-state index contributed by atoms with van der Waals surface area (Å²) in [4.78, 5) is 29.7. The summed E-state index contributed by atoms with van der Waals surface area (Å²) in [5, 5.41) is 7.34. The summed E-state index contributed by atoms with van der Waals surface area (Å²) in [6.45, 7) is 3.71. The summed E-state index contributed by atoms with van der Waals surface area (Å²) in [5.74, 6) is 0.105. The number of methoxy groups -OCH3 is 1. The number of aromatic nitrogens is 1. The zero-order chi connectivity index (χ0) is 20.7. The first-order valence-corrected chi connectivity index (χ1v) is 9.76. The van der Waals surface area contributed by atoms with Crippen molar-refractivity contribution in [2.75, 3.05) is 19.0 Å². The highest BCUT2D eigenvalue weighted by atomic mass is 32.1. The van der Waals surface area contributed by atoms with Gasteiger partial charge in [-0.25, -0.2) is 4.98 Å². The van der Waals surface area contributed by atoms with E-state index in [0.29, 0.717) is 16.4 Å². The molecule has 9 heteroatoms. The normalized spacial score (nSPS) is 15.4. The van der Waals surface area contributed by atoms with E-state index in [1.54, 1.807) is 18.2 Å². The lowest BCUT2D eigenvalue weighted by atomic mass is 10.1. The van der Waals surface area contributed by atoms with Gasteiger partial charge in [-0.05, 0) is 43.2 Å². The van der Waals surface area contributed by atoms with Crippen LogP contribution in [0, 0.1) is 13.8 Å². The highest BCUT2D eigenvalue weighted by Crippen LogP contribution is 2.41. The average Bonchev–Trinajstić information content (AvgIpc) is 3.05. The molecule has 1 aliphatic rings. The highest BCUT2D eigenvalue weighted by molar-refractivity contribution is 7.21. The fourth-order valence-corrected chi connectivity index (χ4v) is 4.58. The summed E-state index contributed by atoms with van der Waals surface area (Å²) < 4.78 is 10.7. The van der Waals surface area contributed by atoms with Crippen LogP contribution in [-0.4, -0.2) is 30.5 Å². The minimum atomic E-state index is -0.576. The zero-order valence-electron chi connectivity index (χ0n) is 16.2. The zero-order valence-corrected chi connectivity index (χ0v) is 17.0. The van der Waals surface area contributed by atoms with Gasteiger partial charge >= 0.3 is 0 Å². The summed E-state index contributed by atoms with van der Waals surface area (Å²) in [5.41, 5.74) is 8.69. The first-order chi connectivity index (χ1) is 13.9. The van der Waals surface area contributed by atoms with E-state index < -0.39 is 12.1 Å². The van der Waals surface area contributed by atoms with Crippen LogP contribution < -0.4 is 25.8 Å². The number of benzene rings is 1. The molecule has 0 fully saturated rings. The second kappa shape index (κ2) is 7.25. The minimum absolute atomic E-state index is 0.156. The van der Waals surface area contributed by atoms with E-state index in [0.717, 1.165) is 32.7 Å². The lowest BCUT2D eigenvalue weighted by Gasteiger charge is -2.27. The molecule has 1 aliphatic heterocycles. The van der Waals surface area contributed by atoms with Crippen molar-refractivity contribution in [2.24, 2.45) is 5.73 Å². The standard InChI is InChI=1S/C20H20N4O4S/c1-9-6-10(2)22-20-15(9)16-17(29-20)19(26)24-18(23-16)11-4-5-12(13(7-11)27-3)28-8-14(21)25/h4-7,18,23H,8H2,1-3H3,(H2,21,25)(H,24,26). The maximum atomic E-state index is 12.8. The lowest BCUT2D eigenvalue weighted by Crippen LogP contribution is -2.37. The Morgan fingerprint density at radius 3 is 2.76 bits per heavy atom. The highest BCUT2D eigenvalue weighted by Gasteiger charge is 2.30. The minimum Gasteiger partial charge on any atom is -0.493 e. The maximum Gasteiger partial charge on any atom is 0.265 e. The van der Waals surface area contributed by atoms with Crippen molar-refractivity contribution in [3.8, 4) is 11.5 Å². The Morgan fingerprint density at radius 2 is 2.03 bits per heavy atom. The molecule has 4 N–H and O–H groups in total. The van der Waals surface area contributed by atoms with Crippen molar-refractivity contribution < 1.29 is 19.1 Å². The SMILES string of the molecule is COc1cc(C2NC(=O)c3sc4nc(C)cc(C)c4c3N2)ccc1OCC(N)=O. The Kier molecular flexibility index (Phi) is 4.75. The molecule has 2 aromatic heterocycles. The Labute approximate surface area is 171 Å². The van der Waals surface area contributed by atoms with Gasteiger partial charge in [-0.3, -0.25) is 9.59 Å². The number of aryl methyl sites for hydroxylation is 2. The maximum absolute atomic E-state index is 12.8. The lowest BCUT2D eigenvalue weighted by molar-refractivity contribution is -0.119. The molecule has 0 aliphatic carbocycles. The van der Waals surface area contributed by atoms with Crippen LogP contribution >= 0.6 is 11.3 Å². The van der Waals surface area contributed by atoms with E-state index in [9.17, 15) is 9.59 Å². The topological polar surface area (TPSA) is 116 Å². The second-order valence-corrected chi connectivity index (χ2v) is 7.78. The third-order valence-electron chi connectivity index (χ3n) is 4.65. The molecule has 0 radical (unpaired) electrons. The summed E-state index contributed by atoms with van der Waals surface area (Å²) in [6.07, 6.45) is -0.451. The van der Waals surface area contributed by atoms with Gasteiger partial charge in [-0.2, -0.15) is 0 Å². The van der Waals surface area contributed by atoms with E-state index in [1.807, 2.05) is 19.9 Å². The van der Waals surface area contributed by atoms with Crippen LogP contribution in [0.25, 0.3) is 10.2 Å². The molecule has 0 spiro atoms. The van der Waals surface area contributed by atoms with Crippen molar-refractivity contribution in [1.82, 2.24) is 10.3 Å². The average molecular weight is 412 g/mol. The number of rotatable bonds is 5. The predicted octanol–water partition coefficient (Wildman–Crippen LogP) is 2.64. The van der Waals surface area contributed by atoms with Crippen LogP contribution in [0.4, 0.5) is 5.69 Å². The van der Waals surface area contributed by atoms with Crippen molar-refractivity contribution in [3.05, 3.63) is 46.0 Å². The third kappa shape index (κ3) is 3.44. The molecule has 3 aromatic rings. The third-order valence-corrected chi connectivity index (χ3v) is 5.73. The number of nitrogens with zero attached hydrogens (tertiary/aromatic N) is 1. The number of carbonyl (C=O) groups is 2. The summed E-state index contributed by atoms with van der Waals surface area (Å²) in [7, 11) is 1.50. The largest absolute Gasteiger partial charge is 0.493 e. The van der Waals surface area contributed by atoms with Crippen LogP contribution in [0.2, 0.25) is 0 Å². The van der Waals surface area contributed by atoms with Crippen molar-refractivity contribution in [1.29, 1.82) is 0 Å². The van der Waals surface area contributed by atoms with Crippen LogP contribution in [-0.2, 0) is 4.79 Å². The molecule has 150 valence electrons. The fraction of sp³-hybridized carbons (Fsp3) is 0.250. The van der Waals surface area contributed by atoms with Crippen LogP contribution in [0.5, 0.6) is 11.5 Å². The molecule has 2 amide bonds. The first kappa shape index (κ1) is 19.0. The number of ether oxygens (including phenoxy) is 2. The Morgan fingerprint density at radius 1 is 1.24 bits per heavy atom. The van der Waals surface area contributed by atoms with Crippen molar-refractivity contribution >= 4 is 39.1 Å². The predicted molar refractivity (Wildman–Crippen MR) is 111 cm³/mol. The number of nitrogens with two attached hydrogens (primary N) is 1. The molecule has 1 atom stereocenters. The Bertz CT molecular complexity index is 1140. The fourth-order valence-electron chi connectivity index (χ4n) is 3.41. The van der Waals surface area contributed by atoms with Gasteiger partial charge in [0.2, 0.25) is 0 Å². The van der Waals surface area contributed by atoms with E-state index in [-0.39, 0.29) is 12.5 Å². The molecule has 29 heavy (non-hydrogen) atoms. The summed E-state index contributed by atoms with van der Waals surface area (Å²) in [6, 6.07) is 7.24. The van der Waals surface area contributed by atoms with Gasteiger partial charge in [0.05, 0.1) is 12.8 Å². The molecule has 1 unspecified atom stereocenters. The first-order valence-electron chi connectivity index (χ1n) is 8.94. The van der Waals surface area contributed by atoms with Gasteiger partial charge in [0.25, 0.3) is 11.8 Å². The Hall–Kier alpha value is -3.33. The van der Waals surface area contributed by atoms with Gasteiger partial charge in [0.15, 0.2) is 18.1 Å². The summed E-state index contributed by atoms with van der Waals surface area (Å²) >= 11 is 1.38. The van der Waals surface area contributed by atoms with Gasteiger partial charge in [-0.1, -0.05) is 6.07 Å². The number of pyridine rings is 1. The molecule has 0 bridgehead atoms. The number of nitrogens with one attached hydrogen (secondary N) is 2.